The maximum atomic E-state index is 12.5. The Morgan fingerprint density at radius 2 is 2.05 bits per heavy atom. The fourth-order valence-corrected chi connectivity index (χ4v) is 5.26. The molecule has 1 fully saturated rings. The summed E-state index contributed by atoms with van der Waals surface area (Å²) in [5.41, 5.74) is 5.54. The van der Waals surface area contributed by atoms with Gasteiger partial charge >= 0.3 is 0 Å². The molecule has 0 unspecified atom stereocenters. The SMILES string of the molecule is NCCN1CCCN(S(=O)(=O)c2ccc(Cl)s2)CC1. The highest BCUT2D eigenvalue weighted by Gasteiger charge is 2.27. The minimum Gasteiger partial charge on any atom is -0.329 e. The fraction of sp³-hybridized carbons (Fsp3) is 0.636. The number of nitrogens with two attached hydrogens (primary N) is 1. The molecule has 0 radical (unpaired) electrons. The largest absolute Gasteiger partial charge is 0.329 e. The van der Waals surface area contributed by atoms with Crippen LogP contribution in [0.4, 0.5) is 0 Å². The molecule has 2 N–H and O–H groups in total. The van der Waals surface area contributed by atoms with E-state index >= 15 is 0 Å². The molecular weight excluding hydrogens is 306 g/mol. The van der Waals surface area contributed by atoms with Crippen molar-refractivity contribution in [3.05, 3.63) is 16.5 Å². The second-order valence-electron chi connectivity index (χ2n) is 4.45. The van der Waals surface area contributed by atoms with Crippen molar-refractivity contribution in [3.8, 4) is 0 Å². The van der Waals surface area contributed by atoms with Gasteiger partial charge in [-0.15, -0.1) is 11.3 Å². The Kier molecular flexibility index (Phi) is 5.22. The highest BCUT2D eigenvalue weighted by Crippen LogP contribution is 2.28. The lowest BCUT2D eigenvalue weighted by molar-refractivity contribution is 0.294. The first kappa shape index (κ1) is 15.2. The lowest BCUT2D eigenvalue weighted by atomic mass is 10.4. The standard InChI is InChI=1S/C11H18ClN3O2S2/c12-10-2-3-11(18-10)19(16,17)15-6-1-5-14(7-4-13)8-9-15/h2-3H,1,4-9,13H2. The molecule has 19 heavy (non-hydrogen) atoms. The maximum absolute atomic E-state index is 12.5. The summed E-state index contributed by atoms with van der Waals surface area (Å²) < 4.78 is 27.3. The zero-order valence-electron chi connectivity index (χ0n) is 10.6. The number of thiophene rings is 1. The molecule has 1 aliphatic heterocycles. The van der Waals surface area contributed by atoms with Crippen molar-refractivity contribution in [2.45, 2.75) is 10.6 Å². The minimum absolute atomic E-state index is 0.324. The van der Waals surface area contributed by atoms with Crippen LogP contribution in [0.1, 0.15) is 6.42 Å². The van der Waals surface area contributed by atoms with Gasteiger partial charge in [-0.05, 0) is 25.1 Å². The van der Waals surface area contributed by atoms with E-state index in [1.165, 1.54) is 0 Å². The van der Waals surface area contributed by atoms with E-state index in [1.54, 1.807) is 16.4 Å². The molecule has 108 valence electrons. The number of hydrogen-bond donors (Lipinski definition) is 1. The lowest BCUT2D eigenvalue weighted by Crippen LogP contribution is -2.36. The molecule has 0 bridgehead atoms. The average Bonchev–Trinajstić information content (AvgIpc) is 2.66. The second-order valence-corrected chi connectivity index (χ2v) is 8.33. The van der Waals surface area contributed by atoms with Crippen LogP contribution in [-0.2, 0) is 10.0 Å². The predicted molar refractivity (Wildman–Crippen MR) is 78.2 cm³/mol. The van der Waals surface area contributed by atoms with E-state index in [0.29, 0.717) is 28.2 Å². The normalized spacial score (nSPS) is 19.5. The van der Waals surface area contributed by atoms with Crippen LogP contribution in [-0.4, -0.2) is 56.9 Å². The molecule has 2 rings (SSSR count). The van der Waals surface area contributed by atoms with Gasteiger partial charge in [0.05, 0.1) is 4.34 Å². The highest BCUT2D eigenvalue weighted by molar-refractivity contribution is 7.91. The molecule has 0 atom stereocenters. The zero-order valence-corrected chi connectivity index (χ0v) is 13.0. The Bertz CT molecular complexity index is 518. The molecule has 0 amide bonds. The van der Waals surface area contributed by atoms with Crippen LogP contribution in [0, 0.1) is 0 Å². The van der Waals surface area contributed by atoms with Gasteiger partial charge in [-0.25, -0.2) is 8.42 Å². The van der Waals surface area contributed by atoms with Gasteiger partial charge in [-0.1, -0.05) is 11.6 Å². The quantitative estimate of drug-likeness (QED) is 0.899. The summed E-state index contributed by atoms with van der Waals surface area (Å²) >= 11 is 6.92. The van der Waals surface area contributed by atoms with E-state index < -0.39 is 10.0 Å². The Morgan fingerprint density at radius 1 is 1.26 bits per heavy atom. The van der Waals surface area contributed by atoms with E-state index in [4.69, 9.17) is 17.3 Å². The molecule has 0 aliphatic carbocycles. The molecule has 1 aromatic heterocycles. The first-order valence-electron chi connectivity index (χ1n) is 6.22. The molecule has 1 aliphatic rings. The predicted octanol–water partition coefficient (Wildman–Crippen LogP) is 1.06. The van der Waals surface area contributed by atoms with Crippen molar-refractivity contribution in [1.82, 2.24) is 9.21 Å². The molecule has 5 nitrogen and oxygen atoms in total. The Balaban J connectivity index is 2.09. The number of hydrogen-bond acceptors (Lipinski definition) is 5. The topological polar surface area (TPSA) is 66.6 Å². The number of sulfonamides is 1. The maximum Gasteiger partial charge on any atom is 0.252 e. The summed E-state index contributed by atoms with van der Waals surface area (Å²) in [6.45, 7) is 4.12. The van der Waals surface area contributed by atoms with Gasteiger partial charge in [0.25, 0.3) is 10.0 Å². The van der Waals surface area contributed by atoms with Crippen molar-refractivity contribution < 1.29 is 8.42 Å². The molecule has 1 aromatic rings. The van der Waals surface area contributed by atoms with Crippen LogP contribution in [0.5, 0.6) is 0 Å². The molecule has 0 spiro atoms. The summed E-state index contributed by atoms with van der Waals surface area (Å²) in [5.74, 6) is 0. The summed E-state index contributed by atoms with van der Waals surface area (Å²) in [5, 5.41) is 0. The van der Waals surface area contributed by atoms with Crippen molar-refractivity contribution in [1.29, 1.82) is 0 Å². The summed E-state index contributed by atoms with van der Waals surface area (Å²) in [4.78, 5) is 2.21. The summed E-state index contributed by atoms with van der Waals surface area (Å²) in [6, 6.07) is 3.20. The second kappa shape index (κ2) is 6.51. The first-order chi connectivity index (χ1) is 9.04. The molecular formula is C11H18ClN3O2S2. The first-order valence-corrected chi connectivity index (χ1v) is 8.85. The Hall–Kier alpha value is -0.180. The molecule has 2 heterocycles. The molecule has 1 saturated heterocycles. The van der Waals surface area contributed by atoms with Crippen LogP contribution < -0.4 is 5.73 Å². The zero-order chi connectivity index (χ0) is 13.9. The van der Waals surface area contributed by atoms with Gasteiger partial charge in [0.2, 0.25) is 0 Å². The van der Waals surface area contributed by atoms with Crippen molar-refractivity contribution >= 4 is 33.0 Å². The minimum atomic E-state index is -3.39. The van der Waals surface area contributed by atoms with Gasteiger partial charge in [-0.3, -0.25) is 0 Å². The van der Waals surface area contributed by atoms with Gasteiger partial charge in [0.1, 0.15) is 4.21 Å². The van der Waals surface area contributed by atoms with Crippen LogP contribution in [0.25, 0.3) is 0 Å². The van der Waals surface area contributed by atoms with Gasteiger partial charge in [0.15, 0.2) is 0 Å². The van der Waals surface area contributed by atoms with E-state index in [0.717, 1.165) is 37.4 Å². The fourth-order valence-electron chi connectivity index (χ4n) is 2.16. The Labute approximate surface area is 123 Å². The smallest absolute Gasteiger partial charge is 0.252 e. The van der Waals surface area contributed by atoms with Gasteiger partial charge in [-0.2, -0.15) is 4.31 Å². The van der Waals surface area contributed by atoms with Crippen LogP contribution in [0.3, 0.4) is 0 Å². The average molecular weight is 324 g/mol. The van der Waals surface area contributed by atoms with E-state index in [9.17, 15) is 8.42 Å². The highest BCUT2D eigenvalue weighted by atomic mass is 35.5. The van der Waals surface area contributed by atoms with E-state index in [-0.39, 0.29) is 0 Å². The summed E-state index contributed by atoms with van der Waals surface area (Å²) in [6.07, 6.45) is 0.832. The van der Waals surface area contributed by atoms with Crippen LogP contribution in [0.15, 0.2) is 16.3 Å². The van der Waals surface area contributed by atoms with Gasteiger partial charge in [0, 0.05) is 32.7 Å². The van der Waals surface area contributed by atoms with Crippen LogP contribution >= 0.6 is 22.9 Å². The van der Waals surface area contributed by atoms with Gasteiger partial charge < -0.3 is 10.6 Å². The number of rotatable bonds is 4. The molecule has 0 aromatic carbocycles. The number of nitrogens with zero attached hydrogens (tertiary/aromatic N) is 2. The van der Waals surface area contributed by atoms with Crippen LogP contribution in [0.2, 0.25) is 4.34 Å². The molecule has 8 heteroatoms. The summed E-state index contributed by atoms with van der Waals surface area (Å²) in [7, 11) is -3.39. The Morgan fingerprint density at radius 3 is 2.68 bits per heavy atom. The number of halogens is 1. The lowest BCUT2D eigenvalue weighted by Gasteiger charge is -2.20. The monoisotopic (exact) mass is 323 g/mol. The molecule has 0 saturated carbocycles. The van der Waals surface area contributed by atoms with Crippen molar-refractivity contribution in [3.63, 3.8) is 0 Å². The van der Waals surface area contributed by atoms with Crippen molar-refractivity contribution in [2.24, 2.45) is 5.73 Å². The van der Waals surface area contributed by atoms with E-state index in [2.05, 4.69) is 4.90 Å². The van der Waals surface area contributed by atoms with Crippen molar-refractivity contribution in [2.75, 3.05) is 39.3 Å². The third-order valence-electron chi connectivity index (χ3n) is 3.14. The third kappa shape index (κ3) is 3.68. The third-order valence-corrected chi connectivity index (χ3v) is 6.73. The van der Waals surface area contributed by atoms with E-state index in [1.807, 2.05) is 0 Å².